The van der Waals surface area contributed by atoms with Gasteiger partial charge in [0.05, 0.1) is 29.9 Å². The van der Waals surface area contributed by atoms with Gasteiger partial charge in [0, 0.05) is 11.1 Å². The van der Waals surface area contributed by atoms with E-state index < -0.39 is 0 Å². The van der Waals surface area contributed by atoms with Crippen LogP contribution in [-0.2, 0) is 0 Å². The summed E-state index contributed by atoms with van der Waals surface area (Å²) in [6.07, 6.45) is 4.09. The Hall–Kier alpha value is -3.72. The first-order valence-corrected chi connectivity index (χ1v) is 9.57. The highest BCUT2D eigenvalue weighted by Gasteiger charge is 2.15. The van der Waals surface area contributed by atoms with Crippen LogP contribution in [-0.4, -0.2) is 17.1 Å². The molecule has 4 rings (SSSR count). The minimum Gasteiger partial charge on any atom is -0.496 e. The fraction of sp³-hybridized carbons (Fsp3) is 0.0769. The lowest BCUT2D eigenvalue weighted by atomic mass is 10.0. The molecule has 0 radical (unpaired) electrons. The first-order valence-electron chi connectivity index (χ1n) is 9.57. The quantitative estimate of drug-likeness (QED) is 0.409. The topological polar surface area (TPSA) is 35.0 Å². The van der Waals surface area contributed by atoms with Gasteiger partial charge in [0.25, 0.3) is 0 Å². The average Bonchev–Trinajstić information content (AvgIpc) is 2.79. The summed E-state index contributed by atoms with van der Waals surface area (Å²) in [5, 5.41) is 0. The summed E-state index contributed by atoms with van der Waals surface area (Å²) in [5.74, 6) is 0.781. The second-order valence-corrected chi connectivity index (χ2v) is 6.70. The fourth-order valence-corrected chi connectivity index (χ4v) is 3.30. The summed E-state index contributed by atoms with van der Waals surface area (Å²) in [6, 6.07) is 28.3. The van der Waals surface area contributed by atoms with E-state index in [9.17, 15) is 0 Å². The molecule has 0 aliphatic heterocycles. The number of hydrogen-bond acceptors (Lipinski definition) is 3. The van der Waals surface area contributed by atoms with Gasteiger partial charge in [-0.1, -0.05) is 78.9 Å². The zero-order valence-corrected chi connectivity index (χ0v) is 16.5. The molecular weight excluding hydrogens is 356 g/mol. The summed E-state index contributed by atoms with van der Waals surface area (Å²) in [7, 11) is 1.68. The van der Waals surface area contributed by atoms with Crippen molar-refractivity contribution in [3.63, 3.8) is 0 Å². The molecule has 0 spiro atoms. The van der Waals surface area contributed by atoms with Crippen LogP contribution in [0.15, 0.2) is 84.9 Å². The Balaban J connectivity index is 1.90. The third-order valence-electron chi connectivity index (χ3n) is 4.74. The van der Waals surface area contributed by atoms with Gasteiger partial charge in [0.2, 0.25) is 0 Å². The number of para-hydroxylation sites is 1. The molecule has 0 N–H and O–H groups in total. The molecule has 0 aliphatic carbocycles. The first kappa shape index (κ1) is 18.6. The Labute approximate surface area is 171 Å². The van der Waals surface area contributed by atoms with Gasteiger partial charge in [-0.15, -0.1) is 0 Å². The summed E-state index contributed by atoms with van der Waals surface area (Å²) in [5.41, 5.74) is 6.49. The van der Waals surface area contributed by atoms with Crippen LogP contribution in [0.5, 0.6) is 5.75 Å². The maximum absolute atomic E-state index is 5.58. The van der Waals surface area contributed by atoms with E-state index >= 15 is 0 Å². The number of rotatable bonds is 5. The lowest BCUT2D eigenvalue weighted by Gasteiger charge is -2.13. The molecule has 3 heteroatoms. The molecule has 0 saturated carbocycles. The van der Waals surface area contributed by atoms with Crippen LogP contribution in [0.4, 0.5) is 0 Å². The average molecular weight is 378 g/mol. The number of nitrogens with zero attached hydrogens (tertiary/aromatic N) is 2. The lowest BCUT2D eigenvalue weighted by molar-refractivity contribution is 0.416. The Morgan fingerprint density at radius 1 is 0.690 bits per heavy atom. The van der Waals surface area contributed by atoms with E-state index in [2.05, 4.69) is 30.3 Å². The van der Waals surface area contributed by atoms with Gasteiger partial charge in [-0.3, -0.25) is 0 Å². The molecule has 0 unspecified atom stereocenters. The predicted molar refractivity (Wildman–Crippen MR) is 120 cm³/mol. The van der Waals surface area contributed by atoms with Crippen molar-refractivity contribution >= 4 is 12.2 Å². The number of benzene rings is 3. The fourth-order valence-electron chi connectivity index (χ4n) is 3.30. The van der Waals surface area contributed by atoms with Crippen molar-refractivity contribution in [3.05, 3.63) is 102 Å². The summed E-state index contributed by atoms with van der Waals surface area (Å²) < 4.78 is 5.58. The van der Waals surface area contributed by atoms with E-state index in [1.54, 1.807) is 7.11 Å². The highest BCUT2D eigenvalue weighted by molar-refractivity contribution is 5.81. The van der Waals surface area contributed by atoms with E-state index in [1.807, 2.05) is 73.7 Å². The molecule has 3 nitrogen and oxygen atoms in total. The minimum atomic E-state index is 0.781. The maximum atomic E-state index is 5.58. The number of ether oxygens (including phenoxy) is 1. The third-order valence-corrected chi connectivity index (χ3v) is 4.74. The van der Waals surface area contributed by atoms with Gasteiger partial charge in [0.15, 0.2) is 0 Å². The van der Waals surface area contributed by atoms with Gasteiger partial charge in [-0.05, 0) is 30.7 Å². The summed E-state index contributed by atoms with van der Waals surface area (Å²) in [4.78, 5) is 9.95. The molecule has 3 aromatic carbocycles. The molecule has 1 aromatic heterocycles. The largest absolute Gasteiger partial charge is 0.496 e. The Morgan fingerprint density at radius 2 is 1.34 bits per heavy atom. The smallest absolute Gasteiger partial charge is 0.128 e. The lowest BCUT2D eigenvalue weighted by Crippen LogP contribution is -2.01. The molecule has 0 aliphatic rings. The molecule has 0 saturated heterocycles. The number of hydrogen-bond donors (Lipinski definition) is 0. The van der Waals surface area contributed by atoms with Crippen molar-refractivity contribution < 1.29 is 4.74 Å². The zero-order chi connectivity index (χ0) is 20.1. The molecule has 142 valence electrons. The molecule has 0 amide bonds. The monoisotopic (exact) mass is 378 g/mol. The molecule has 4 aromatic rings. The van der Waals surface area contributed by atoms with Gasteiger partial charge in [-0.25, -0.2) is 9.97 Å². The second-order valence-electron chi connectivity index (χ2n) is 6.70. The van der Waals surface area contributed by atoms with Gasteiger partial charge >= 0.3 is 0 Å². The van der Waals surface area contributed by atoms with Crippen molar-refractivity contribution in [1.82, 2.24) is 9.97 Å². The van der Waals surface area contributed by atoms with Gasteiger partial charge in [-0.2, -0.15) is 0 Å². The number of aryl methyl sites for hydroxylation is 1. The van der Waals surface area contributed by atoms with Crippen LogP contribution in [0, 0.1) is 6.92 Å². The van der Waals surface area contributed by atoms with Crippen molar-refractivity contribution in [2.75, 3.05) is 7.11 Å². The van der Waals surface area contributed by atoms with Gasteiger partial charge < -0.3 is 4.74 Å². The van der Waals surface area contributed by atoms with Crippen molar-refractivity contribution in [2.45, 2.75) is 6.92 Å². The summed E-state index contributed by atoms with van der Waals surface area (Å²) >= 11 is 0. The molecule has 0 fully saturated rings. The van der Waals surface area contributed by atoms with Crippen molar-refractivity contribution in [1.29, 1.82) is 0 Å². The molecule has 1 heterocycles. The summed E-state index contributed by atoms with van der Waals surface area (Å²) in [6.45, 7) is 2.00. The number of aromatic nitrogens is 2. The van der Waals surface area contributed by atoms with E-state index in [1.165, 1.54) is 0 Å². The Morgan fingerprint density at radius 3 is 2.07 bits per heavy atom. The minimum absolute atomic E-state index is 0.781. The maximum Gasteiger partial charge on any atom is 0.128 e. The number of methoxy groups -OCH3 is 1. The standard InChI is InChI=1S/C26H22N2O/c1-19-25(21-13-7-4-8-14-21)28-23(18-17-20-11-5-3-6-12-20)26(27-19)22-15-9-10-16-24(22)29-2/h3-18H,1-2H3. The highest BCUT2D eigenvalue weighted by atomic mass is 16.5. The van der Waals surface area contributed by atoms with E-state index in [4.69, 9.17) is 14.7 Å². The van der Waals surface area contributed by atoms with Crippen molar-refractivity contribution in [3.8, 4) is 28.3 Å². The van der Waals surface area contributed by atoms with Gasteiger partial charge in [0.1, 0.15) is 5.75 Å². The second kappa shape index (κ2) is 8.53. The van der Waals surface area contributed by atoms with Crippen LogP contribution in [0.1, 0.15) is 17.0 Å². The SMILES string of the molecule is COc1ccccc1-c1nc(C)c(-c2ccccc2)nc1C=Cc1ccccc1. The van der Waals surface area contributed by atoms with Crippen molar-refractivity contribution in [2.24, 2.45) is 0 Å². The van der Waals surface area contributed by atoms with Crippen LogP contribution >= 0.6 is 0 Å². The predicted octanol–water partition coefficient (Wildman–Crippen LogP) is 6.30. The molecular formula is C26H22N2O. The van der Waals surface area contributed by atoms with E-state index in [0.717, 1.165) is 45.2 Å². The van der Waals surface area contributed by atoms with E-state index in [-0.39, 0.29) is 0 Å². The third kappa shape index (κ3) is 4.09. The van der Waals surface area contributed by atoms with Crippen LogP contribution in [0.3, 0.4) is 0 Å². The highest BCUT2D eigenvalue weighted by Crippen LogP contribution is 2.33. The Bertz CT molecular complexity index is 1140. The molecule has 29 heavy (non-hydrogen) atoms. The normalized spacial score (nSPS) is 11.0. The zero-order valence-electron chi connectivity index (χ0n) is 16.5. The Kier molecular flexibility index (Phi) is 5.48. The van der Waals surface area contributed by atoms with Crippen LogP contribution in [0.25, 0.3) is 34.7 Å². The first-order chi connectivity index (χ1) is 14.3. The molecule has 0 bridgehead atoms. The van der Waals surface area contributed by atoms with E-state index in [0.29, 0.717) is 0 Å². The van der Waals surface area contributed by atoms with Crippen LogP contribution < -0.4 is 4.74 Å². The van der Waals surface area contributed by atoms with Crippen LogP contribution in [0.2, 0.25) is 0 Å². The molecule has 0 atom stereocenters.